The first-order chi connectivity index (χ1) is 14.8. The molecule has 0 saturated carbocycles. The van der Waals surface area contributed by atoms with E-state index in [1.54, 1.807) is 54.6 Å². The van der Waals surface area contributed by atoms with Crippen LogP contribution in [-0.4, -0.2) is 17.4 Å². The predicted octanol–water partition coefficient (Wildman–Crippen LogP) is 5.77. The van der Waals surface area contributed by atoms with Crippen molar-refractivity contribution in [1.82, 2.24) is 0 Å². The van der Waals surface area contributed by atoms with Crippen LogP contribution in [0.4, 0.5) is 11.4 Å². The molecule has 0 aliphatic carbocycles. The highest BCUT2D eigenvalue weighted by Gasteiger charge is 2.23. The van der Waals surface area contributed by atoms with Crippen LogP contribution in [0.3, 0.4) is 0 Å². The smallest absolute Gasteiger partial charge is 0.345 e. The number of anilines is 2. The van der Waals surface area contributed by atoms with Gasteiger partial charge in [-0.3, -0.25) is 4.79 Å². The molecule has 3 aromatic carbocycles. The van der Waals surface area contributed by atoms with E-state index in [1.807, 2.05) is 25.1 Å². The summed E-state index contributed by atoms with van der Waals surface area (Å²) in [6, 6.07) is 21.2. The van der Waals surface area contributed by atoms with Crippen molar-refractivity contribution in [3.05, 3.63) is 95.6 Å². The van der Waals surface area contributed by atoms with E-state index in [0.717, 1.165) is 16.8 Å². The molecule has 0 aromatic heterocycles. The van der Waals surface area contributed by atoms with E-state index in [1.165, 1.54) is 0 Å². The third kappa shape index (κ3) is 4.51. The van der Waals surface area contributed by atoms with Gasteiger partial charge in [0.2, 0.25) is 0 Å². The maximum atomic E-state index is 12.9. The lowest BCUT2D eigenvalue weighted by Gasteiger charge is -2.31. The van der Waals surface area contributed by atoms with Crippen molar-refractivity contribution in [3.63, 3.8) is 0 Å². The van der Waals surface area contributed by atoms with Gasteiger partial charge in [-0.05, 0) is 68.8 Å². The van der Waals surface area contributed by atoms with Crippen LogP contribution in [0.2, 0.25) is 0 Å². The molecule has 5 heteroatoms. The number of para-hydroxylation sites is 1. The Morgan fingerprint density at radius 1 is 0.935 bits per heavy atom. The van der Waals surface area contributed by atoms with Crippen LogP contribution >= 0.6 is 0 Å². The molecule has 0 spiro atoms. The van der Waals surface area contributed by atoms with E-state index in [0.29, 0.717) is 17.0 Å². The van der Waals surface area contributed by atoms with Crippen molar-refractivity contribution in [3.8, 4) is 5.75 Å². The van der Waals surface area contributed by atoms with Gasteiger partial charge in [0.05, 0.1) is 16.8 Å². The van der Waals surface area contributed by atoms with Crippen LogP contribution in [0, 0.1) is 0 Å². The van der Waals surface area contributed by atoms with Crippen LogP contribution in [0.1, 0.15) is 47.1 Å². The van der Waals surface area contributed by atoms with E-state index in [4.69, 9.17) is 4.74 Å². The number of carbonyl (C=O) groups is 2. The topological polar surface area (TPSA) is 67.4 Å². The van der Waals surface area contributed by atoms with Gasteiger partial charge in [-0.2, -0.15) is 0 Å². The number of hydrogen-bond acceptors (Lipinski definition) is 4. The molecular formula is C26H24N2O3. The van der Waals surface area contributed by atoms with Crippen molar-refractivity contribution in [1.29, 1.82) is 0 Å². The summed E-state index contributed by atoms with van der Waals surface area (Å²) in [7, 11) is 0. The van der Waals surface area contributed by atoms with Crippen LogP contribution in [-0.2, 0) is 0 Å². The zero-order valence-corrected chi connectivity index (χ0v) is 17.7. The summed E-state index contributed by atoms with van der Waals surface area (Å²) in [6.45, 7) is 6.25. The fourth-order valence-corrected chi connectivity index (χ4v) is 3.74. The molecule has 156 valence electrons. The third-order valence-electron chi connectivity index (χ3n) is 5.09. The second kappa shape index (κ2) is 8.11. The number of esters is 1. The SMILES string of the molecule is CC1=CC(C)(C)Nc2ccc(OC(=O)c3ccccc3NC(=O)c3ccccc3)cc21. The highest BCUT2D eigenvalue weighted by molar-refractivity contribution is 6.08. The molecular weight excluding hydrogens is 388 g/mol. The number of amides is 1. The molecule has 0 bridgehead atoms. The van der Waals surface area contributed by atoms with Gasteiger partial charge in [0.1, 0.15) is 5.75 Å². The largest absolute Gasteiger partial charge is 0.423 e. The first-order valence-corrected chi connectivity index (χ1v) is 10.1. The van der Waals surface area contributed by atoms with Crippen LogP contribution in [0.5, 0.6) is 5.75 Å². The normalized spacial score (nSPS) is 14.0. The molecule has 2 N–H and O–H groups in total. The Kier molecular flexibility index (Phi) is 5.34. The van der Waals surface area contributed by atoms with Gasteiger partial charge in [0, 0.05) is 16.8 Å². The molecule has 1 amide bonds. The molecule has 1 aliphatic heterocycles. The van der Waals surface area contributed by atoms with E-state index in [2.05, 4.69) is 30.6 Å². The summed E-state index contributed by atoms with van der Waals surface area (Å²) in [4.78, 5) is 25.4. The minimum absolute atomic E-state index is 0.134. The zero-order valence-electron chi connectivity index (χ0n) is 17.7. The maximum absolute atomic E-state index is 12.9. The third-order valence-corrected chi connectivity index (χ3v) is 5.09. The van der Waals surface area contributed by atoms with Crippen molar-refractivity contribution < 1.29 is 14.3 Å². The lowest BCUT2D eigenvalue weighted by Crippen LogP contribution is -2.31. The van der Waals surface area contributed by atoms with E-state index < -0.39 is 5.97 Å². The molecule has 0 saturated heterocycles. The average Bonchev–Trinajstić information content (AvgIpc) is 2.74. The summed E-state index contributed by atoms with van der Waals surface area (Å²) in [5.41, 5.74) is 4.18. The molecule has 4 rings (SSSR count). The van der Waals surface area contributed by atoms with Gasteiger partial charge >= 0.3 is 5.97 Å². The average molecular weight is 412 g/mol. The molecule has 1 heterocycles. The highest BCUT2D eigenvalue weighted by atomic mass is 16.5. The maximum Gasteiger partial charge on any atom is 0.345 e. The van der Waals surface area contributed by atoms with E-state index in [9.17, 15) is 9.59 Å². The fourth-order valence-electron chi connectivity index (χ4n) is 3.74. The van der Waals surface area contributed by atoms with Crippen molar-refractivity contribution in [2.45, 2.75) is 26.3 Å². The van der Waals surface area contributed by atoms with Gasteiger partial charge in [-0.15, -0.1) is 0 Å². The highest BCUT2D eigenvalue weighted by Crippen LogP contribution is 2.36. The summed E-state index contributed by atoms with van der Waals surface area (Å²) in [5, 5.41) is 6.26. The van der Waals surface area contributed by atoms with Crippen LogP contribution in [0.25, 0.3) is 5.57 Å². The number of allylic oxidation sites excluding steroid dienone is 1. The Balaban J connectivity index is 1.55. The summed E-state index contributed by atoms with van der Waals surface area (Å²) in [6.07, 6.45) is 2.15. The Labute approximate surface area is 181 Å². The summed E-state index contributed by atoms with van der Waals surface area (Å²) in [5.74, 6) is -0.374. The minimum atomic E-state index is -0.533. The molecule has 5 nitrogen and oxygen atoms in total. The van der Waals surface area contributed by atoms with E-state index >= 15 is 0 Å². The standard InChI is InChI=1S/C26H24N2O3/c1-17-16-26(2,3)28-23-14-13-19(15-21(17)23)31-25(30)20-11-7-8-12-22(20)27-24(29)18-9-5-4-6-10-18/h4-16,28H,1-3H3,(H,27,29). The zero-order chi connectivity index (χ0) is 22.0. The second-order valence-electron chi connectivity index (χ2n) is 8.14. The number of ether oxygens (including phenoxy) is 1. The van der Waals surface area contributed by atoms with Gasteiger partial charge in [0.25, 0.3) is 5.91 Å². The van der Waals surface area contributed by atoms with Crippen LogP contribution < -0.4 is 15.4 Å². The number of fused-ring (bicyclic) bond motifs is 1. The van der Waals surface area contributed by atoms with Crippen molar-refractivity contribution >= 4 is 28.8 Å². The second-order valence-corrected chi connectivity index (χ2v) is 8.14. The van der Waals surface area contributed by atoms with Gasteiger partial charge in [0.15, 0.2) is 0 Å². The number of rotatable bonds is 4. The molecule has 0 radical (unpaired) electrons. The number of hydrogen-bond donors (Lipinski definition) is 2. The molecule has 31 heavy (non-hydrogen) atoms. The molecule has 0 atom stereocenters. The molecule has 1 aliphatic rings. The van der Waals surface area contributed by atoms with Crippen LogP contribution in [0.15, 0.2) is 78.9 Å². The Hall–Kier alpha value is -3.86. The van der Waals surface area contributed by atoms with Gasteiger partial charge in [-0.1, -0.05) is 36.4 Å². The number of benzene rings is 3. The van der Waals surface area contributed by atoms with E-state index in [-0.39, 0.29) is 17.0 Å². The number of nitrogens with one attached hydrogen (secondary N) is 2. The molecule has 3 aromatic rings. The first kappa shape index (κ1) is 20.4. The quantitative estimate of drug-likeness (QED) is 0.422. The molecule has 0 fully saturated rings. The minimum Gasteiger partial charge on any atom is -0.423 e. The molecule has 0 unspecified atom stereocenters. The first-order valence-electron chi connectivity index (χ1n) is 10.1. The lowest BCUT2D eigenvalue weighted by atomic mass is 9.91. The summed E-state index contributed by atoms with van der Waals surface area (Å²) >= 11 is 0. The monoisotopic (exact) mass is 412 g/mol. The summed E-state index contributed by atoms with van der Waals surface area (Å²) < 4.78 is 5.65. The van der Waals surface area contributed by atoms with Crippen molar-refractivity contribution in [2.24, 2.45) is 0 Å². The van der Waals surface area contributed by atoms with Gasteiger partial charge < -0.3 is 15.4 Å². The Morgan fingerprint density at radius 2 is 1.65 bits per heavy atom. The Morgan fingerprint density at radius 3 is 2.42 bits per heavy atom. The van der Waals surface area contributed by atoms with Crippen molar-refractivity contribution in [2.75, 3.05) is 10.6 Å². The van der Waals surface area contributed by atoms with Gasteiger partial charge in [-0.25, -0.2) is 4.79 Å². The number of carbonyl (C=O) groups excluding carboxylic acids is 2. The Bertz CT molecular complexity index is 1180. The predicted molar refractivity (Wildman–Crippen MR) is 124 cm³/mol. The fraction of sp³-hybridized carbons (Fsp3) is 0.154. The lowest BCUT2D eigenvalue weighted by molar-refractivity contribution is 0.0736.